The average molecular weight is 384 g/mol. The number of hydrogen-bond donors (Lipinski definition) is 0. The maximum atomic E-state index is 13.4. The molecule has 1 fully saturated rings. The summed E-state index contributed by atoms with van der Waals surface area (Å²) in [6.45, 7) is 0. The zero-order valence-corrected chi connectivity index (χ0v) is 11.7. The fourth-order valence-electron chi connectivity index (χ4n) is 2.71. The van der Waals surface area contributed by atoms with Gasteiger partial charge in [-0.25, -0.2) is 26.3 Å². The van der Waals surface area contributed by atoms with Gasteiger partial charge in [-0.15, -0.1) is 0 Å². The van der Waals surface area contributed by atoms with Crippen LogP contribution in [0.25, 0.3) is 0 Å². The van der Waals surface area contributed by atoms with Gasteiger partial charge in [-0.2, -0.15) is 26.3 Å². The van der Waals surface area contributed by atoms with Crippen LogP contribution in [0.4, 0.5) is 52.7 Å². The van der Waals surface area contributed by atoms with Crippen molar-refractivity contribution >= 4 is 0 Å². The maximum Gasteiger partial charge on any atom is 0.425 e. The summed E-state index contributed by atoms with van der Waals surface area (Å²) in [6.07, 6.45) is -25.1. The van der Waals surface area contributed by atoms with E-state index in [4.69, 9.17) is 0 Å². The van der Waals surface area contributed by atoms with Gasteiger partial charge in [-0.1, -0.05) is 0 Å². The molecule has 0 aromatic carbocycles. The summed E-state index contributed by atoms with van der Waals surface area (Å²) >= 11 is 0. The fourth-order valence-corrected chi connectivity index (χ4v) is 2.71. The van der Waals surface area contributed by atoms with Crippen molar-refractivity contribution < 1.29 is 52.7 Å². The Morgan fingerprint density at radius 3 is 0.875 bits per heavy atom. The summed E-state index contributed by atoms with van der Waals surface area (Å²) in [5.74, 6) is -14.4. The summed E-state index contributed by atoms with van der Waals surface area (Å²) in [5, 5.41) is 0. The topological polar surface area (TPSA) is 0 Å². The first kappa shape index (κ1) is 21.2. The maximum absolute atomic E-state index is 13.4. The molecular weight excluding hydrogens is 372 g/mol. The zero-order valence-electron chi connectivity index (χ0n) is 11.7. The van der Waals surface area contributed by atoms with Crippen molar-refractivity contribution in [1.29, 1.82) is 0 Å². The third-order valence-corrected chi connectivity index (χ3v) is 4.07. The van der Waals surface area contributed by atoms with E-state index in [0.717, 1.165) is 0 Å². The molecule has 24 heavy (non-hydrogen) atoms. The van der Waals surface area contributed by atoms with Gasteiger partial charge in [0.1, 0.15) is 0 Å². The molecule has 0 bridgehead atoms. The minimum absolute atomic E-state index is 1.08. The zero-order chi connectivity index (χ0) is 19.1. The van der Waals surface area contributed by atoms with E-state index in [1.807, 2.05) is 0 Å². The second-order valence-corrected chi connectivity index (χ2v) is 5.71. The predicted molar refractivity (Wildman–Crippen MR) is 57.2 cm³/mol. The predicted octanol–water partition coefficient (Wildman–Crippen LogP) is 5.86. The molecule has 0 spiro atoms. The minimum Gasteiger partial charge on any atom is -0.231 e. The molecule has 0 aromatic heterocycles. The Labute approximate surface area is 128 Å². The molecule has 1 rings (SSSR count). The van der Waals surface area contributed by atoms with Gasteiger partial charge < -0.3 is 0 Å². The molecule has 144 valence electrons. The quantitative estimate of drug-likeness (QED) is 0.533. The van der Waals surface area contributed by atoms with E-state index >= 15 is 0 Å². The van der Waals surface area contributed by atoms with Gasteiger partial charge in [-0.3, -0.25) is 0 Å². The fraction of sp³-hybridized carbons (Fsp3) is 1.00. The summed E-state index contributed by atoms with van der Waals surface area (Å²) < 4.78 is 152. The molecule has 2 atom stereocenters. The lowest BCUT2D eigenvalue weighted by molar-refractivity contribution is -0.273. The van der Waals surface area contributed by atoms with E-state index in [9.17, 15) is 52.7 Å². The standard InChI is InChI=1S/C12H12F12/c13-7(11(19,20)21)9(15,16)5-1-2-6(4-3-5)10(17,18)8(14)12(22,23)24/h5-8H,1-4H2. The molecule has 1 saturated carbocycles. The minimum atomic E-state index is -5.87. The van der Waals surface area contributed by atoms with Crippen molar-refractivity contribution in [2.45, 2.75) is 62.2 Å². The van der Waals surface area contributed by atoms with Crippen molar-refractivity contribution in [2.75, 3.05) is 0 Å². The molecule has 0 nitrogen and oxygen atoms in total. The van der Waals surface area contributed by atoms with E-state index in [1.54, 1.807) is 0 Å². The first-order valence-electron chi connectivity index (χ1n) is 6.69. The Kier molecular flexibility index (Phi) is 5.72. The Bertz CT molecular complexity index is 375. The highest BCUT2D eigenvalue weighted by molar-refractivity contribution is 4.96. The lowest BCUT2D eigenvalue weighted by atomic mass is 9.74. The number of halogens is 12. The average Bonchev–Trinajstić information content (AvgIpc) is 2.43. The van der Waals surface area contributed by atoms with Gasteiger partial charge >= 0.3 is 12.4 Å². The second-order valence-electron chi connectivity index (χ2n) is 5.71. The van der Waals surface area contributed by atoms with Crippen LogP contribution in [0, 0.1) is 11.8 Å². The first-order chi connectivity index (χ1) is 10.5. The molecule has 0 radical (unpaired) electrons. The Hall–Kier alpha value is -0.840. The summed E-state index contributed by atoms with van der Waals surface area (Å²) in [6, 6.07) is 0. The number of rotatable bonds is 4. The van der Waals surface area contributed by atoms with E-state index in [0.29, 0.717) is 0 Å². The highest BCUT2D eigenvalue weighted by atomic mass is 19.4. The van der Waals surface area contributed by atoms with Crippen LogP contribution in [0.15, 0.2) is 0 Å². The van der Waals surface area contributed by atoms with Gasteiger partial charge in [0, 0.05) is 11.8 Å². The smallest absolute Gasteiger partial charge is 0.231 e. The molecule has 0 amide bonds. The highest BCUT2D eigenvalue weighted by Crippen LogP contribution is 2.50. The molecule has 0 saturated heterocycles. The normalized spacial score (nSPS) is 27.0. The van der Waals surface area contributed by atoms with Crippen LogP contribution in [0.2, 0.25) is 0 Å². The summed E-state index contributed by atoms with van der Waals surface area (Å²) in [5.41, 5.74) is 0. The molecular formula is C12H12F12. The van der Waals surface area contributed by atoms with Crippen LogP contribution in [0.5, 0.6) is 0 Å². The SMILES string of the molecule is FC(C(F)(F)F)C(F)(F)C1CCC(C(F)(F)C(F)C(F)(F)F)CC1. The molecule has 1 aliphatic rings. The molecule has 0 heterocycles. The molecule has 0 aliphatic heterocycles. The summed E-state index contributed by atoms with van der Waals surface area (Å²) in [7, 11) is 0. The number of alkyl halides is 12. The van der Waals surface area contributed by atoms with E-state index in [2.05, 4.69) is 0 Å². The van der Waals surface area contributed by atoms with Crippen molar-refractivity contribution in [1.82, 2.24) is 0 Å². The van der Waals surface area contributed by atoms with Crippen LogP contribution in [0.1, 0.15) is 25.7 Å². The molecule has 0 aromatic rings. The van der Waals surface area contributed by atoms with Crippen LogP contribution < -0.4 is 0 Å². The van der Waals surface area contributed by atoms with Crippen LogP contribution in [-0.2, 0) is 0 Å². The van der Waals surface area contributed by atoms with Gasteiger partial charge in [-0.05, 0) is 25.7 Å². The molecule has 12 heteroatoms. The van der Waals surface area contributed by atoms with Gasteiger partial charge in [0.05, 0.1) is 0 Å². The first-order valence-corrected chi connectivity index (χ1v) is 6.69. The third kappa shape index (κ3) is 4.22. The van der Waals surface area contributed by atoms with Gasteiger partial charge in [0.15, 0.2) is 0 Å². The molecule has 2 unspecified atom stereocenters. The van der Waals surface area contributed by atoms with Crippen molar-refractivity contribution in [3.63, 3.8) is 0 Å². The van der Waals surface area contributed by atoms with Crippen molar-refractivity contribution in [2.24, 2.45) is 11.8 Å². The molecule has 1 aliphatic carbocycles. The Balaban J connectivity index is 2.80. The largest absolute Gasteiger partial charge is 0.425 e. The Morgan fingerprint density at radius 2 is 0.708 bits per heavy atom. The van der Waals surface area contributed by atoms with Gasteiger partial charge in [0.25, 0.3) is 24.2 Å². The lowest BCUT2D eigenvalue weighted by Crippen LogP contribution is -2.51. The van der Waals surface area contributed by atoms with E-state index in [-0.39, 0.29) is 0 Å². The second kappa shape index (κ2) is 6.47. The van der Waals surface area contributed by atoms with E-state index < -0.39 is 74.1 Å². The molecule has 0 N–H and O–H groups in total. The lowest BCUT2D eigenvalue weighted by Gasteiger charge is -2.38. The van der Waals surface area contributed by atoms with Crippen molar-refractivity contribution in [3.8, 4) is 0 Å². The van der Waals surface area contributed by atoms with Crippen LogP contribution >= 0.6 is 0 Å². The number of hydrogen-bond acceptors (Lipinski definition) is 0. The van der Waals surface area contributed by atoms with Gasteiger partial charge in [0.2, 0.25) is 0 Å². The van der Waals surface area contributed by atoms with Crippen molar-refractivity contribution in [3.05, 3.63) is 0 Å². The van der Waals surface area contributed by atoms with E-state index in [1.165, 1.54) is 0 Å². The van der Waals surface area contributed by atoms with Crippen LogP contribution in [-0.4, -0.2) is 36.5 Å². The monoisotopic (exact) mass is 384 g/mol. The highest BCUT2D eigenvalue weighted by Gasteiger charge is 2.63. The third-order valence-electron chi connectivity index (χ3n) is 4.07. The Morgan fingerprint density at radius 1 is 0.500 bits per heavy atom. The van der Waals surface area contributed by atoms with Crippen LogP contribution in [0.3, 0.4) is 0 Å². The summed E-state index contributed by atoms with van der Waals surface area (Å²) in [4.78, 5) is 0.